The number of methoxy groups -OCH3 is 1. The highest BCUT2D eigenvalue weighted by molar-refractivity contribution is 7.92. The van der Waals surface area contributed by atoms with Gasteiger partial charge in [-0.1, -0.05) is 17.3 Å². The van der Waals surface area contributed by atoms with Crippen molar-refractivity contribution in [2.45, 2.75) is 19.4 Å². The van der Waals surface area contributed by atoms with Gasteiger partial charge >= 0.3 is 5.97 Å². The summed E-state index contributed by atoms with van der Waals surface area (Å²) >= 11 is 1.10. The topological polar surface area (TPSA) is 115 Å². The molecule has 1 saturated heterocycles. The number of sulfone groups is 1. The normalized spacial score (nSPS) is 14.6. The number of ether oxygens (including phenoxy) is 1. The van der Waals surface area contributed by atoms with Gasteiger partial charge in [0.1, 0.15) is 11.5 Å². The third kappa shape index (κ3) is 5.39. The summed E-state index contributed by atoms with van der Waals surface area (Å²) in [6, 6.07) is 4.81. The number of hydrogen-bond acceptors (Lipinski definition) is 7. The smallest absolute Gasteiger partial charge is 0.337 e. The van der Waals surface area contributed by atoms with E-state index in [2.05, 4.69) is 10.9 Å². The highest BCUT2D eigenvalue weighted by Gasteiger charge is 2.26. The van der Waals surface area contributed by atoms with Crippen molar-refractivity contribution in [1.29, 1.82) is 0 Å². The Morgan fingerprint density at radius 1 is 1.23 bits per heavy atom. The zero-order valence-electron chi connectivity index (χ0n) is 16.9. The van der Waals surface area contributed by atoms with E-state index < -0.39 is 39.1 Å². The van der Waals surface area contributed by atoms with Gasteiger partial charge in [0.05, 0.1) is 29.4 Å². The van der Waals surface area contributed by atoms with E-state index in [1.54, 1.807) is 22.8 Å². The van der Waals surface area contributed by atoms with E-state index >= 15 is 0 Å². The lowest BCUT2D eigenvalue weighted by atomic mass is 10.2. The van der Waals surface area contributed by atoms with Crippen molar-refractivity contribution in [3.05, 3.63) is 28.6 Å². The lowest BCUT2D eigenvalue weighted by Gasteiger charge is -2.14. The number of aromatic nitrogens is 1. The summed E-state index contributed by atoms with van der Waals surface area (Å²) in [5, 5.41) is 0. The van der Waals surface area contributed by atoms with Crippen molar-refractivity contribution in [2.24, 2.45) is 4.99 Å². The predicted molar refractivity (Wildman–Crippen MR) is 115 cm³/mol. The minimum absolute atomic E-state index is 0.101. The second-order valence-electron chi connectivity index (χ2n) is 6.97. The Hall–Kier alpha value is -2.97. The van der Waals surface area contributed by atoms with Gasteiger partial charge in [-0.3, -0.25) is 9.59 Å². The molecule has 1 fully saturated rings. The molecule has 0 N–H and O–H groups in total. The van der Waals surface area contributed by atoms with Gasteiger partial charge in [-0.05, 0) is 31.0 Å². The van der Waals surface area contributed by atoms with Crippen molar-refractivity contribution in [3.8, 4) is 12.3 Å². The van der Waals surface area contributed by atoms with Crippen LogP contribution in [0.4, 0.5) is 0 Å². The van der Waals surface area contributed by atoms with Crippen molar-refractivity contribution in [1.82, 2.24) is 9.47 Å². The number of likely N-dealkylation sites (tertiary alicyclic amines) is 1. The van der Waals surface area contributed by atoms with E-state index in [0.29, 0.717) is 28.9 Å². The maximum absolute atomic E-state index is 12.4. The number of nitrogens with zero attached hydrogens (tertiary/aromatic N) is 3. The predicted octanol–water partition coefficient (Wildman–Crippen LogP) is 0.587. The molecule has 0 radical (unpaired) electrons. The number of carbonyl (C=O) groups is 3. The Morgan fingerprint density at radius 2 is 1.94 bits per heavy atom. The van der Waals surface area contributed by atoms with Crippen LogP contribution in [0.3, 0.4) is 0 Å². The number of hydrogen-bond donors (Lipinski definition) is 0. The summed E-state index contributed by atoms with van der Waals surface area (Å²) in [6.45, 7) is 1.17. The molecule has 0 unspecified atom stereocenters. The molecule has 1 aromatic heterocycles. The zero-order valence-corrected chi connectivity index (χ0v) is 18.5. The SMILES string of the molecule is C#CCn1c(=NC(=O)CS(=O)(=O)CC(=O)N2CCCC2)sc2cc(C(=O)OC)ccc21. The van der Waals surface area contributed by atoms with Gasteiger partial charge in [0.2, 0.25) is 5.91 Å². The van der Waals surface area contributed by atoms with Gasteiger partial charge in [-0.2, -0.15) is 4.99 Å². The molecule has 9 nitrogen and oxygen atoms in total. The van der Waals surface area contributed by atoms with E-state index in [4.69, 9.17) is 11.2 Å². The number of fused-ring (bicyclic) bond motifs is 1. The Labute approximate surface area is 183 Å². The van der Waals surface area contributed by atoms with Crippen LogP contribution in [0.15, 0.2) is 23.2 Å². The van der Waals surface area contributed by atoms with Crippen molar-refractivity contribution < 1.29 is 27.5 Å². The first-order valence-corrected chi connectivity index (χ1v) is 12.1. The first kappa shape index (κ1) is 22.7. The number of rotatable bonds is 6. The Bertz CT molecular complexity index is 1240. The minimum Gasteiger partial charge on any atom is -0.465 e. The Balaban J connectivity index is 1.86. The highest BCUT2D eigenvalue weighted by Crippen LogP contribution is 2.20. The molecule has 31 heavy (non-hydrogen) atoms. The summed E-state index contributed by atoms with van der Waals surface area (Å²) in [7, 11) is -2.68. The van der Waals surface area contributed by atoms with Gasteiger partial charge in [0.15, 0.2) is 14.6 Å². The van der Waals surface area contributed by atoms with Crippen LogP contribution in [0, 0.1) is 12.3 Å². The minimum atomic E-state index is -3.95. The van der Waals surface area contributed by atoms with Crippen molar-refractivity contribution >= 4 is 49.2 Å². The van der Waals surface area contributed by atoms with Gasteiger partial charge in [-0.15, -0.1) is 6.42 Å². The van der Waals surface area contributed by atoms with E-state index in [9.17, 15) is 22.8 Å². The highest BCUT2D eigenvalue weighted by atomic mass is 32.2. The largest absolute Gasteiger partial charge is 0.465 e. The second-order valence-corrected chi connectivity index (χ2v) is 10.0. The molecule has 11 heteroatoms. The molecular weight excluding hydrogens is 442 g/mol. The molecule has 1 aromatic carbocycles. The van der Waals surface area contributed by atoms with Crippen molar-refractivity contribution in [3.63, 3.8) is 0 Å². The molecule has 0 aliphatic carbocycles. The molecule has 2 aromatic rings. The lowest BCUT2D eigenvalue weighted by molar-refractivity contribution is -0.127. The standard InChI is InChI=1S/C20H21N3O6S2/c1-3-8-23-15-7-6-14(19(26)29-2)11-16(15)30-20(23)21-17(24)12-31(27,28)13-18(25)22-9-4-5-10-22/h1,6-7,11H,4-5,8-10,12-13H2,2H3. The molecule has 2 heterocycles. The molecule has 1 aliphatic rings. The zero-order chi connectivity index (χ0) is 22.6. The molecule has 0 spiro atoms. The van der Waals surface area contributed by atoms with Crippen LogP contribution in [-0.2, 0) is 30.7 Å². The van der Waals surface area contributed by atoms with Crippen LogP contribution in [0.5, 0.6) is 0 Å². The van der Waals surface area contributed by atoms with Crippen LogP contribution in [0.1, 0.15) is 23.2 Å². The number of terminal acetylenes is 1. The summed E-state index contributed by atoms with van der Waals surface area (Å²) in [6.07, 6.45) is 7.11. The number of thiazole rings is 1. The fraction of sp³-hybridized carbons (Fsp3) is 0.400. The van der Waals surface area contributed by atoms with Crippen LogP contribution < -0.4 is 4.80 Å². The van der Waals surface area contributed by atoms with Crippen molar-refractivity contribution in [2.75, 3.05) is 31.7 Å². The summed E-state index contributed by atoms with van der Waals surface area (Å²) < 4.78 is 31.6. The molecule has 0 bridgehead atoms. The lowest BCUT2D eigenvalue weighted by Crippen LogP contribution is -2.35. The van der Waals surface area contributed by atoms with Gasteiger partial charge in [-0.25, -0.2) is 13.2 Å². The molecule has 2 amide bonds. The first-order chi connectivity index (χ1) is 14.7. The third-order valence-electron chi connectivity index (χ3n) is 4.72. The summed E-state index contributed by atoms with van der Waals surface area (Å²) in [4.78, 5) is 41.9. The molecule has 3 rings (SSSR count). The van der Waals surface area contributed by atoms with Gasteiger partial charge in [0.25, 0.3) is 5.91 Å². The molecule has 0 saturated carbocycles. The fourth-order valence-electron chi connectivity index (χ4n) is 3.27. The van der Waals surface area contributed by atoms with Crippen LogP contribution >= 0.6 is 11.3 Å². The average molecular weight is 464 g/mol. The van der Waals surface area contributed by atoms with Crippen LogP contribution in [-0.4, -0.2) is 67.4 Å². The van der Waals surface area contributed by atoms with Crippen LogP contribution in [0.2, 0.25) is 0 Å². The molecule has 0 atom stereocenters. The fourth-order valence-corrected chi connectivity index (χ4v) is 5.46. The monoisotopic (exact) mass is 463 g/mol. The first-order valence-electron chi connectivity index (χ1n) is 9.45. The van der Waals surface area contributed by atoms with Crippen LogP contribution in [0.25, 0.3) is 10.2 Å². The third-order valence-corrected chi connectivity index (χ3v) is 7.13. The van der Waals surface area contributed by atoms with E-state index in [0.717, 1.165) is 24.2 Å². The Morgan fingerprint density at radius 3 is 2.58 bits per heavy atom. The van der Waals surface area contributed by atoms with E-state index in [-0.39, 0.29) is 11.3 Å². The molecule has 1 aliphatic heterocycles. The van der Waals surface area contributed by atoms with E-state index in [1.807, 2.05) is 0 Å². The number of esters is 1. The second kappa shape index (κ2) is 9.45. The quantitative estimate of drug-likeness (QED) is 0.457. The van der Waals surface area contributed by atoms with Gasteiger partial charge < -0.3 is 14.2 Å². The maximum Gasteiger partial charge on any atom is 0.337 e. The molecular formula is C20H21N3O6S2. The maximum atomic E-state index is 12.4. The number of carbonyl (C=O) groups excluding carboxylic acids is 3. The summed E-state index contributed by atoms with van der Waals surface area (Å²) in [5.74, 6) is -1.01. The average Bonchev–Trinajstić information content (AvgIpc) is 3.35. The number of benzene rings is 1. The molecule has 164 valence electrons. The van der Waals surface area contributed by atoms with Gasteiger partial charge in [0, 0.05) is 13.1 Å². The number of amides is 2. The Kier molecular flexibility index (Phi) is 6.92. The summed E-state index contributed by atoms with van der Waals surface area (Å²) in [5.41, 5.74) is 0.971. The van der Waals surface area contributed by atoms with E-state index in [1.165, 1.54) is 12.0 Å².